The van der Waals surface area contributed by atoms with Gasteiger partial charge in [0.1, 0.15) is 23.2 Å². The van der Waals surface area contributed by atoms with Gasteiger partial charge in [-0.2, -0.15) is 0 Å². The van der Waals surface area contributed by atoms with E-state index in [9.17, 15) is 47.4 Å². The zero-order valence-corrected chi connectivity index (χ0v) is 44.2. The third-order valence-electron chi connectivity index (χ3n) is 12.3. The van der Waals surface area contributed by atoms with E-state index in [1.165, 1.54) is 10.6 Å². The number of thioether (sulfide) groups is 1. The number of nitrogens with two attached hydrogens (primary N) is 2. The maximum absolute atomic E-state index is 14.9. The lowest BCUT2D eigenvalue weighted by atomic mass is 9.99. The summed E-state index contributed by atoms with van der Waals surface area (Å²) in [4.78, 5) is 90.4. The van der Waals surface area contributed by atoms with Crippen LogP contribution in [-0.2, 0) is 71.9 Å². The normalized spacial score (nSPS) is 13.3. The van der Waals surface area contributed by atoms with Crippen molar-refractivity contribution in [3.8, 4) is 11.1 Å². The van der Waals surface area contributed by atoms with Crippen LogP contribution >= 0.6 is 11.8 Å². The molecule has 0 spiro atoms. The summed E-state index contributed by atoms with van der Waals surface area (Å²) in [6.07, 6.45) is 2.46. The van der Waals surface area contributed by atoms with Crippen LogP contribution in [0, 0.1) is 24.5 Å². The number of hydrogen-bond donors (Lipinski definition) is 3. The van der Waals surface area contributed by atoms with Crippen molar-refractivity contribution in [2.45, 2.75) is 64.6 Å². The van der Waals surface area contributed by atoms with Gasteiger partial charge in [0.2, 0.25) is 0 Å². The van der Waals surface area contributed by atoms with Gasteiger partial charge >= 0.3 is 11.7 Å². The highest BCUT2D eigenvalue weighted by atomic mass is 32.2. The molecular weight excluding hydrogens is 1020 g/mol. The fraction of sp³-hybridized carbons (Fsp3) is 0.473. The van der Waals surface area contributed by atoms with Crippen molar-refractivity contribution in [1.82, 2.24) is 14.0 Å². The minimum Gasteiger partial charge on any atom is -0.481 e. The highest BCUT2D eigenvalue weighted by molar-refractivity contribution is 8.04. The number of rotatable bonds is 39. The molecule has 3 aromatic carbocycles. The van der Waals surface area contributed by atoms with Crippen molar-refractivity contribution in [3.63, 3.8) is 0 Å². The Bertz CT molecular complexity index is 2720. The second-order valence-electron chi connectivity index (χ2n) is 17.9. The minimum atomic E-state index is -1.17. The first-order valence-electron chi connectivity index (χ1n) is 25.5. The molecule has 0 aliphatic carbocycles. The van der Waals surface area contributed by atoms with Crippen LogP contribution < -0.4 is 22.7 Å². The highest BCUT2D eigenvalue weighted by Gasteiger charge is 2.32. The molecule has 4 aromatic rings. The zero-order chi connectivity index (χ0) is 55.5. The number of aryl methyl sites for hydroxylation is 1. The molecule has 22 heteroatoms. The SMILES string of the molecule is Cc1c(-c2cccc(CCC(=O)CCCOCCOCCOCCOCCOCCOCCC(=O)CC(CSC3=CC(=O)N(CCN)C3=O)C(=O)O)c2)c(=O)n(C[C@H](N)c2ccccc2)c(=O)n1Cc1c(F)cccc1F. The number of nitrogens with zero attached hydrogens (tertiary/aromatic N) is 3. The Morgan fingerprint density at radius 1 is 0.701 bits per heavy atom. The van der Waals surface area contributed by atoms with Gasteiger partial charge in [-0.1, -0.05) is 60.7 Å². The molecule has 19 nitrogen and oxygen atoms in total. The summed E-state index contributed by atoms with van der Waals surface area (Å²) in [6.45, 7) is 4.98. The van der Waals surface area contributed by atoms with Crippen molar-refractivity contribution >= 4 is 41.1 Å². The first-order chi connectivity index (χ1) is 37.2. The van der Waals surface area contributed by atoms with E-state index in [1.807, 2.05) is 12.1 Å². The number of halogens is 2. The predicted molar refractivity (Wildman–Crippen MR) is 283 cm³/mol. The summed E-state index contributed by atoms with van der Waals surface area (Å²) in [5.74, 6) is -5.14. The molecule has 0 radical (unpaired) electrons. The van der Waals surface area contributed by atoms with Crippen LogP contribution in [0.15, 0.2) is 93.4 Å². The van der Waals surface area contributed by atoms with Gasteiger partial charge in [0.15, 0.2) is 0 Å². The van der Waals surface area contributed by atoms with Crippen LogP contribution in [-0.4, -0.2) is 147 Å². The Labute approximate surface area is 449 Å². The van der Waals surface area contributed by atoms with E-state index < -0.39 is 59.2 Å². The summed E-state index contributed by atoms with van der Waals surface area (Å²) in [7, 11) is 0. The molecule has 0 fully saturated rings. The topological polar surface area (TPSA) is 260 Å². The average Bonchev–Trinajstić information content (AvgIpc) is 3.69. The highest BCUT2D eigenvalue weighted by Crippen LogP contribution is 2.28. The number of imide groups is 1. The molecule has 2 heterocycles. The van der Waals surface area contributed by atoms with E-state index in [0.717, 1.165) is 45.0 Å². The molecule has 2 atom stereocenters. The van der Waals surface area contributed by atoms with Crippen LogP contribution in [0.25, 0.3) is 11.1 Å². The average molecular weight is 1090 g/mol. The summed E-state index contributed by atoms with van der Waals surface area (Å²) in [5.41, 5.74) is 12.6. The van der Waals surface area contributed by atoms with E-state index >= 15 is 0 Å². The lowest BCUT2D eigenvalue weighted by Crippen LogP contribution is -2.44. The van der Waals surface area contributed by atoms with Gasteiger partial charge in [-0.05, 0) is 48.6 Å². The molecule has 2 amide bonds. The molecule has 77 heavy (non-hydrogen) atoms. The standard InChI is InChI=1S/C55H69F2N5O14S/c1-38-51(53(67)62(36-48(59)40-9-3-2-4-10-40)55(70)61(38)35-45-46(56)13-6-14-47(45)57)41-11-5-8-39(32-41)15-16-43(63)12-7-20-71-22-24-73-26-28-75-30-31-76-29-27-74-25-23-72-21-17-44(64)33-42(54(68)69)37-77-49-34-50(65)60(19-18-58)52(49)66/h2-6,8-11,13-14,32,34,42,48H,7,12,15-31,33,35-37,58-59H2,1H3,(H,68,69)/t42?,48-/m0/s1. The number of carbonyl (C=O) groups excluding carboxylic acids is 4. The fourth-order valence-electron chi connectivity index (χ4n) is 8.09. The first-order valence-corrected chi connectivity index (χ1v) is 26.5. The number of benzene rings is 3. The predicted octanol–water partition coefficient (Wildman–Crippen LogP) is 4.39. The van der Waals surface area contributed by atoms with Crippen molar-refractivity contribution in [1.29, 1.82) is 0 Å². The van der Waals surface area contributed by atoms with Gasteiger partial charge in [0.05, 0.1) is 102 Å². The molecule has 5 N–H and O–H groups in total. The van der Waals surface area contributed by atoms with Gasteiger partial charge in [-0.3, -0.25) is 42.8 Å². The maximum Gasteiger partial charge on any atom is 0.331 e. The number of carbonyl (C=O) groups is 5. The van der Waals surface area contributed by atoms with Crippen molar-refractivity contribution in [2.75, 3.05) is 98.1 Å². The summed E-state index contributed by atoms with van der Waals surface area (Å²) in [6, 6.07) is 18.8. The number of carboxylic acid groups (broad SMARTS) is 1. The second-order valence-corrected chi connectivity index (χ2v) is 19.0. The molecule has 5 rings (SSSR count). The number of ether oxygens (including phenoxy) is 6. The van der Waals surface area contributed by atoms with E-state index in [-0.39, 0.29) is 97.8 Å². The van der Waals surface area contributed by atoms with Crippen LogP contribution in [0.5, 0.6) is 0 Å². The number of aliphatic carboxylic acids is 1. The van der Waals surface area contributed by atoms with E-state index in [0.29, 0.717) is 89.9 Å². The molecule has 0 saturated carbocycles. The summed E-state index contributed by atoms with van der Waals surface area (Å²) in [5, 5.41) is 9.55. The molecule has 418 valence electrons. The maximum atomic E-state index is 14.9. The third-order valence-corrected chi connectivity index (χ3v) is 13.5. The van der Waals surface area contributed by atoms with Gasteiger partial charge in [-0.15, -0.1) is 11.8 Å². The number of amides is 2. The van der Waals surface area contributed by atoms with Gasteiger partial charge in [-0.25, -0.2) is 13.6 Å². The number of ketones is 2. The Morgan fingerprint density at radius 2 is 1.29 bits per heavy atom. The van der Waals surface area contributed by atoms with Crippen LogP contribution in [0.1, 0.15) is 60.5 Å². The molecule has 0 saturated heterocycles. The van der Waals surface area contributed by atoms with Crippen LogP contribution in [0.3, 0.4) is 0 Å². The van der Waals surface area contributed by atoms with Crippen molar-refractivity contribution in [2.24, 2.45) is 17.4 Å². The second kappa shape index (κ2) is 33.3. The molecule has 1 aliphatic rings. The number of Topliss-reactive ketones (excluding diaryl/α,β-unsaturated/α-hetero) is 2. The van der Waals surface area contributed by atoms with Crippen molar-refractivity contribution in [3.05, 3.63) is 139 Å². The van der Waals surface area contributed by atoms with E-state index in [2.05, 4.69) is 0 Å². The molecular formula is C55H69F2N5O14S. The van der Waals surface area contributed by atoms with Crippen LogP contribution in [0.2, 0.25) is 0 Å². The first kappa shape index (κ1) is 61.8. The molecule has 1 aromatic heterocycles. The molecule has 1 aliphatic heterocycles. The number of aromatic nitrogens is 2. The smallest absolute Gasteiger partial charge is 0.331 e. The fourth-order valence-corrected chi connectivity index (χ4v) is 9.15. The molecule has 0 bridgehead atoms. The Morgan fingerprint density at radius 3 is 1.88 bits per heavy atom. The third kappa shape index (κ3) is 20.0. The number of hydrogen-bond acceptors (Lipinski definition) is 16. The zero-order valence-electron chi connectivity index (χ0n) is 43.3. The van der Waals surface area contributed by atoms with E-state index in [1.54, 1.807) is 49.4 Å². The largest absolute Gasteiger partial charge is 0.481 e. The van der Waals surface area contributed by atoms with Gasteiger partial charge < -0.3 is 45.0 Å². The minimum absolute atomic E-state index is 0.0249. The Balaban J connectivity index is 0.880. The van der Waals surface area contributed by atoms with Crippen LogP contribution in [0.4, 0.5) is 8.78 Å². The number of carboxylic acids is 1. The Kier molecular flexibility index (Phi) is 26.7. The molecule has 1 unspecified atom stereocenters. The lowest BCUT2D eigenvalue weighted by Gasteiger charge is -2.20. The summed E-state index contributed by atoms with van der Waals surface area (Å²) < 4.78 is 65.0. The van der Waals surface area contributed by atoms with Gasteiger partial charge in [0.25, 0.3) is 17.4 Å². The summed E-state index contributed by atoms with van der Waals surface area (Å²) >= 11 is 0.935. The van der Waals surface area contributed by atoms with E-state index in [4.69, 9.17) is 39.9 Å². The quantitative estimate of drug-likeness (QED) is 0.0413. The van der Waals surface area contributed by atoms with Gasteiger partial charge in [0, 0.05) is 74.5 Å². The van der Waals surface area contributed by atoms with Crippen molar-refractivity contribution < 1.29 is 66.3 Å². The Hall–Kier alpha value is -6.08. The monoisotopic (exact) mass is 1090 g/mol. The lowest BCUT2D eigenvalue weighted by molar-refractivity contribution is -0.143.